The van der Waals surface area contributed by atoms with Crippen molar-refractivity contribution >= 4 is 28.9 Å². The molecule has 2 aromatic rings. The molecule has 6 heteroatoms. The number of anilines is 1. The topological polar surface area (TPSA) is 62.4 Å². The average Bonchev–Trinajstić information content (AvgIpc) is 2.61. The highest BCUT2D eigenvalue weighted by Gasteiger charge is 2.09. The number of carbonyl (C=O) groups is 1. The molecule has 0 spiro atoms. The number of hydrogen-bond acceptors (Lipinski definition) is 3. The number of hydrogen-bond donors (Lipinski definition) is 3. The van der Waals surface area contributed by atoms with Gasteiger partial charge in [-0.05, 0) is 54.9 Å². The van der Waals surface area contributed by atoms with Gasteiger partial charge in [-0.3, -0.25) is 15.6 Å². The molecule has 2 aromatic carbocycles. The first-order valence-corrected chi connectivity index (χ1v) is 8.05. The fraction of sp³-hybridized carbons (Fsp3) is 0.222. The third-order valence-corrected chi connectivity index (χ3v) is 3.80. The van der Waals surface area contributed by atoms with E-state index >= 15 is 0 Å². The monoisotopic (exact) mass is 343 g/mol. The Morgan fingerprint density at radius 3 is 2.62 bits per heavy atom. The average molecular weight is 343 g/mol. The molecule has 0 bridgehead atoms. The second-order valence-corrected chi connectivity index (χ2v) is 5.64. The first-order valence-electron chi connectivity index (χ1n) is 7.65. The van der Waals surface area contributed by atoms with Gasteiger partial charge in [0.05, 0.1) is 7.11 Å². The summed E-state index contributed by atoms with van der Waals surface area (Å²) in [7, 11) is 1.56. The van der Waals surface area contributed by atoms with Gasteiger partial charge >= 0.3 is 0 Å². The molecule has 0 fully saturated rings. The molecule has 0 aliphatic carbocycles. The number of amides is 1. The summed E-state index contributed by atoms with van der Waals surface area (Å²) in [6, 6.07) is 13.0. The third-order valence-electron chi connectivity index (χ3n) is 3.60. The molecule has 0 heterocycles. The van der Waals surface area contributed by atoms with Crippen LogP contribution >= 0.6 is 12.2 Å². The van der Waals surface area contributed by atoms with Crippen LogP contribution in [0, 0.1) is 6.92 Å². The van der Waals surface area contributed by atoms with Gasteiger partial charge in [0.2, 0.25) is 0 Å². The first kappa shape index (κ1) is 17.7. The van der Waals surface area contributed by atoms with Crippen LogP contribution in [0.15, 0.2) is 42.5 Å². The first-order chi connectivity index (χ1) is 11.5. The number of hydrazine groups is 1. The van der Waals surface area contributed by atoms with Crippen LogP contribution in [0.4, 0.5) is 5.69 Å². The van der Waals surface area contributed by atoms with Crippen molar-refractivity contribution in [2.45, 2.75) is 20.3 Å². The van der Waals surface area contributed by atoms with Crippen LogP contribution in [0.3, 0.4) is 0 Å². The summed E-state index contributed by atoms with van der Waals surface area (Å²) in [4.78, 5) is 12.1. The SMILES string of the molecule is CCc1cccc(C)c1NC(=S)NNC(=O)c1cccc(OC)c1. The lowest BCUT2D eigenvalue weighted by Crippen LogP contribution is -2.43. The lowest BCUT2D eigenvalue weighted by Gasteiger charge is -2.16. The van der Waals surface area contributed by atoms with E-state index in [0.29, 0.717) is 16.4 Å². The Bertz CT molecular complexity index is 747. The summed E-state index contributed by atoms with van der Waals surface area (Å²) >= 11 is 5.26. The van der Waals surface area contributed by atoms with Crippen molar-refractivity contribution in [3.63, 3.8) is 0 Å². The van der Waals surface area contributed by atoms with E-state index in [0.717, 1.165) is 17.7 Å². The van der Waals surface area contributed by atoms with Crippen LogP contribution in [0.25, 0.3) is 0 Å². The van der Waals surface area contributed by atoms with Crippen LogP contribution in [0.2, 0.25) is 0 Å². The predicted molar refractivity (Wildman–Crippen MR) is 100 cm³/mol. The molecule has 1 amide bonds. The van der Waals surface area contributed by atoms with Gasteiger partial charge in [0.1, 0.15) is 5.75 Å². The van der Waals surface area contributed by atoms with E-state index in [1.807, 2.05) is 25.1 Å². The second kappa shape index (κ2) is 8.31. The van der Waals surface area contributed by atoms with Gasteiger partial charge < -0.3 is 10.1 Å². The minimum Gasteiger partial charge on any atom is -0.497 e. The fourth-order valence-electron chi connectivity index (χ4n) is 2.30. The third kappa shape index (κ3) is 4.45. The number of methoxy groups -OCH3 is 1. The van der Waals surface area contributed by atoms with E-state index in [9.17, 15) is 4.79 Å². The van der Waals surface area contributed by atoms with E-state index in [2.05, 4.69) is 23.1 Å². The number of para-hydroxylation sites is 1. The standard InChI is InChI=1S/C18H21N3O2S/c1-4-13-8-5-7-12(2)16(13)19-18(24)21-20-17(22)14-9-6-10-15(11-14)23-3/h5-11H,4H2,1-3H3,(H,20,22)(H2,19,21,24). The molecule has 0 radical (unpaired) electrons. The molecule has 5 nitrogen and oxygen atoms in total. The number of nitrogens with one attached hydrogen (secondary N) is 3. The number of carbonyl (C=O) groups excluding carboxylic acids is 1. The van der Waals surface area contributed by atoms with Crippen LogP contribution in [-0.2, 0) is 6.42 Å². The van der Waals surface area contributed by atoms with Gasteiger partial charge in [0.25, 0.3) is 5.91 Å². The van der Waals surface area contributed by atoms with Gasteiger partial charge in [0.15, 0.2) is 5.11 Å². The maximum atomic E-state index is 12.1. The molecule has 3 N–H and O–H groups in total. The molecule has 0 aliphatic rings. The van der Waals surface area contributed by atoms with Crippen molar-refractivity contribution in [1.29, 1.82) is 0 Å². The number of ether oxygens (including phenoxy) is 1. The van der Waals surface area contributed by atoms with Crippen molar-refractivity contribution in [2.24, 2.45) is 0 Å². The van der Waals surface area contributed by atoms with Gasteiger partial charge in [-0.1, -0.05) is 31.2 Å². The highest BCUT2D eigenvalue weighted by atomic mass is 32.1. The highest BCUT2D eigenvalue weighted by molar-refractivity contribution is 7.80. The smallest absolute Gasteiger partial charge is 0.269 e. The molecule has 126 valence electrons. The van der Waals surface area contributed by atoms with Crippen LogP contribution in [0.5, 0.6) is 5.75 Å². The number of thiocarbonyl (C=S) groups is 1. The van der Waals surface area contributed by atoms with Crippen molar-refractivity contribution in [1.82, 2.24) is 10.9 Å². The van der Waals surface area contributed by atoms with E-state index in [4.69, 9.17) is 17.0 Å². The molecule has 24 heavy (non-hydrogen) atoms. The molecule has 0 saturated heterocycles. The Labute approximate surface area is 147 Å². The van der Waals surface area contributed by atoms with E-state index in [-0.39, 0.29) is 5.91 Å². The van der Waals surface area contributed by atoms with Gasteiger partial charge in [0, 0.05) is 11.3 Å². The molecule has 0 unspecified atom stereocenters. The van der Waals surface area contributed by atoms with Crippen LogP contribution < -0.4 is 20.9 Å². The van der Waals surface area contributed by atoms with Gasteiger partial charge in [-0.25, -0.2) is 0 Å². The minimum atomic E-state index is -0.293. The zero-order chi connectivity index (χ0) is 17.5. The van der Waals surface area contributed by atoms with Gasteiger partial charge in [-0.2, -0.15) is 0 Å². The number of rotatable bonds is 4. The Hall–Kier alpha value is -2.60. The van der Waals surface area contributed by atoms with E-state index in [1.54, 1.807) is 31.4 Å². The summed E-state index contributed by atoms with van der Waals surface area (Å²) in [5.74, 6) is 0.328. The zero-order valence-electron chi connectivity index (χ0n) is 14.0. The lowest BCUT2D eigenvalue weighted by molar-refractivity contribution is 0.0944. The summed E-state index contributed by atoms with van der Waals surface area (Å²) in [5.41, 5.74) is 9.01. The molecular weight excluding hydrogens is 322 g/mol. The summed E-state index contributed by atoms with van der Waals surface area (Å²) < 4.78 is 5.11. The molecule has 0 aliphatic heterocycles. The van der Waals surface area contributed by atoms with Crippen LogP contribution in [-0.4, -0.2) is 18.1 Å². The molecular formula is C18H21N3O2S. The summed E-state index contributed by atoms with van der Waals surface area (Å²) in [6.45, 7) is 4.10. The highest BCUT2D eigenvalue weighted by Crippen LogP contribution is 2.20. The summed E-state index contributed by atoms with van der Waals surface area (Å²) in [6.07, 6.45) is 0.892. The number of aryl methyl sites for hydroxylation is 2. The van der Waals surface area contributed by atoms with Gasteiger partial charge in [-0.15, -0.1) is 0 Å². The largest absolute Gasteiger partial charge is 0.497 e. The maximum Gasteiger partial charge on any atom is 0.269 e. The van der Waals surface area contributed by atoms with Crippen molar-refractivity contribution < 1.29 is 9.53 Å². The molecule has 0 aromatic heterocycles. The summed E-state index contributed by atoms with van der Waals surface area (Å²) in [5, 5.41) is 3.47. The fourth-order valence-corrected chi connectivity index (χ4v) is 2.45. The maximum absolute atomic E-state index is 12.1. The Balaban J connectivity index is 1.97. The molecule has 0 atom stereocenters. The van der Waals surface area contributed by atoms with Crippen molar-refractivity contribution in [3.8, 4) is 5.75 Å². The Morgan fingerprint density at radius 2 is 1.92 bits per heavy atom. The normalized spacial score (nSPS) is 9.96. The Morgan fingerprint density at radius 1 is 1.17 bits per heavy atom. The Kier molecular flexibility index (Phi) is 6.14. The van der Waals surface area contributed by atoms with Crippen molar-refractivity contribution in [2.75, 3.05) is 12.4 Å². The predicted octanol–water partition coefficient (Wildman–Crippen LogP) is 3.20. The minimum absolute atomic E-state index is 0.293. The lowest BCUT2D eigenvalue weighted by atomic mass is 10.1. The number of benzene rings is 2. The van der Waals surface area contributed by atoms with Crippen molar-refractivity contribution in [3.05, 3.63) is 59.2 Å². The van der Waals surface area contributed by atoms with Crippen LogP contribution in [0.1, 0.15) is 28.4 Å². The van der Waals surface area contributed by atoms with E-state index < -0.39 is 0 Å². The second-order valence-electron chi connectivity index (χ2n) is 5.23. The van der Waals surface area contributed by atoms with E-state index in [1.165, 1.54) is 5.56 Å². The zero-order valence-corrected chi connectivity index (χ0v) is 14.8. The molecule has 0 saturated carbocycles. The quantitative estimate of drug-likeness (QED) is 0.588. The molecule has 2 rings (SSSR count).